The molecule has 36 heavy (non-hydrogen) atoms. The number of phenols is 1. The van der Waals surface area contributed by atoms with Crippen LogP contribution in [0.25, 0.3) is 0 Å². The maximum Gasteiger partial charge on any atom is 0.320 e. The molecular formula is C27H40N6O3. The number of aryl methyl sites for hydroxylation is 1. The van der Waals surface area contributed by atoms with Crippen LogP contribution in [0.5, 0.6) is 11.8 Å². The van der Waals surface area contributed by atoms with Crippen molar-refractivity contribution in [1.29, 1.82) is 0 Å². The average Bonchev–Trinajstić information content (AvgIpc) is 2.94. The Labute approximate surface area is 214 Å². The highest BCUT2D eigenvalue weighted by molar-refractivity contribution is 6.03. The number of morpholine rings is 1. The van der Waals surface area contributed by atoms with Gasteiger partial charge in [-0.1, -0.05) is 13.8 Å². The Morgan fingerprint density at radius 1 is 1.00 bits per heavy atom. The fourth-order valence-electron chi connectivity index (χ4n) is 4.80. The smallest absolute Gasteiger partial charge is 0.320 e. The number of nitrogens with zero attached hydrogens (tertiary/aromatic N) is 5. The Morgan fingerprint density at radius 2 is 1.81 bits per heavy atom. The lowest BCUT2D eigenvalue weighted by molar-refractivity contribution is 0.0317. The van der Waals surface area contributed by atoms with Crippen LogP contribution in [0.2, 0.25) is 0 Å². The van der Waals surface area contributed by atoms with E-state index in [0.717, 1.165) is 87.9 Å². The fraction of sp³-hybridized carbons (Fsp3) is 0.593. The Balaban J connectivity index is 0.00000148. The average molecular weight is 497 g/mol. The Bertz CT molecular complexity index is 1000. The third kappa shape index (κ3) is 7.07. The molecule has 2 aliphatic heterocycles. The van der Waals surface area contributed by atoms with Crippen molar-refractivity contribution in [2.45, 2.75) is 52.4 Å². The van der Waals surface area contributed by atoms with E-state index >= 15 is 0 Å². The summed E-state index contributed by atoms with van der Waals surface area (Å²) in [5.74, 6) is 1.82. The lowest BCUT2D eigenvalue weighted by Gasteiger charge is -2.28. The molecular weight excluding hydrogens is 456 g/mol. The van der Waals surface area contributed by atoms with E-state index in [9.17, 15) is 5.11 Å². The minimum Gasteiger partial charge on any atom is -0.508 e. The predicted molar refractivity (Wildman–Crippen MR) is 143 cm³/mol. The number of piperidine rings is 1. The van der Waals surface area contributed by atoms with E-state index in [2.05, 4.69) is 20.2 Å². The molecule has 5 rings (SSSR count). The molecule has 2 aromatic rings. The second kappa shape index (κ2) is 13.4. The van der Waals surface area contributed by atoms with E-state index in [0.29, 0.717) is 24.2 Å². The van der Waals surface area contributed by atoms with E-state index in [4.69, 9.17) is 19.6 Å². The molecule has 9 nitrogen and oxygen atoms in total. The molecule has 3 heterocycles. The number of hydrazone groups is 1. The Morgan fingerprint density at radius 3 is 2.61 bits per heavy atom. The van der Waals surface area contributed by atoms with Crippen LogP contribution in [-0.2, 0) is 11.2 Å². The molecule has 1 aliphatic carbocycles. The SMILES string of the molecule is CC.Oc1ccc2c(c1)CCC/C2=N\Nc1cc(N2CCCCC2)nc(OCCN2CCOCC2)n1. The van der Waals surface area contributed by atoms with Crippen LogP contribution >= 0.6 is 0 Å². The number of anilines is 2. The molecule has 0 bridgehead atoms. The molecule has 0 unspecified atom stereocenters. The van der Waals surface area contributed by atoms with Crippen LogP contribution in [0.4, 0.5) is 11.6 Å². The summed E-state index contributed by atoms with van der Waals surface area (Å²) in [6.45, 7) is 10.8. The van der Waals surface area contributed by atoms with Gasteiger partial charge < -0.3 is 19.5 Å². The van der Waals surface area contributed by atoms with Gasteiger partial charge in [0.05, 0.1) is 18.9 Å². The van der Waals surface area contributed by atoms with Crippen molar-refractivity contribution < 1.29 is 14.6 Å². The van der Waals surface area contributed by atoms with E-state index in [-0.39, 0.29) is 0 Å². The molecule has 0 radical (unpaired) electrons. The zero-order valence-electron chi connectivity index (χ0n) is 21.7. The van der Waals surface area contributed by atoms with Crippen molar-refractivity contribution in [3.05, 3.63) is 35.4 Å². The maximum atomic E-state index is 9.82. The monoisotopic (exact) mass is 496 g/mol. The van der Waals surface area contributed by atoms with Crippen LogP contribution in [0.15, 0.2) is 29.4 Å². The second-order valence-corrected chi connectivity index (χ2v) is 9.11. The van der Waals surface area contributed by atoms with Crippen molar-refractivity contribution >= 4 is 17.3 Å². The van der Waals surface area contributed by atoms with Crippen molar-refractivity contribution in [3.8, 4) is 11.8 Å². The van der Waals surface area contributed by atoms with Gasteiger partial charge in [-0.25, -0.2) is 0 Å². The van der Waals surface area contributed by atoms with Gasteiger partial charge in [0.1, 0.15) is 18.2 Å². The normalized spacial score (nSPS) is 19.3. The fourth-order valence-corrected chi connectivity index (χ4v) is 4.80. The first-order valence-corrected chi connectivity index (χ1v) is 13.5. The van der Waals surface area contributed by atoms with Crippen molar-refractivity contribution in [2.75, 3.05) is 62.9 Å². The number of aromatic hydroxyl groups is 1. The van der Waals surface area contributed by atoms with Gasteiger partial charge in [-0.05, 0) is 62.3 Å². The second-order valence-electron chi connectivity index (χ2n) is 9.11. The van der Waals surface area contributed by atoms with Crippen LogP contribution in [-0.4, -0.2) is 78.2 Å². The first kappa shape index (κ1) is 26.2. The van der Waals surface area contributed by atoms with Crippen molar-refractivity contribution in [2.24, 2.45) is 5.10 Å². The Kier molecular flexibility index (Phi) is 9.75. The van der Waals surface area contributed by atoms with Gasteiger partial charge in [0.15, 0.2) is 5.82 Å². The van der Waals surface area contributed by atoms with E-state index in [1.54, 1.807) is 6.07 Å². The van der Waals surface area contributed by atoms with Gasteiger partial charge in [0.2, 0.25) is 0 Å². The zero-order chi connectivity index (χ0) is 25.2. The summed E-state index contributed by atoms with van der Waals surface area (Å²) in [6, 6.07) is 7.85. The van der Waals surface area contributed by atoms with Crippen LogP contribution in [0.3, 0.4) is 0 Å². The Hall–Kier alpha value is -2.91. The largest absolute Gasteiger partial charge is 0.508 e. The van der Waals surface area contributed by atoms with Gasteiger partial charge in [-0.2, -0.15) is 15.1 Å². The summed E-state index contributed by atoms with van der Waals surface area (Å²) in [7, 11) is 0. The number of fused-ring (bicyclic) bond motifs is 1. The molecule has 0 amide bonds. The summed E-state index contributed by atoms with van der Waals surface area (Å²) >= 11 is 0. The standard InChI is InChI=1S/C25H34N6O3.C2H6/c32-20-7-8-21-19(17-20)5-4-6-22(21)28-29-23-18-24(31-9-2-1-3-10-31)27-25(26-23)34-16-13-30-11-14-33-15-12-30;1-2/h7-8,17-18,32H,1-6,9-16H2,(H,26,27,29);1-2H3/b28-22+;. The number of nitrogens with one attached hydrogen (secondary N) is 1. The quantitative estimate of drug-likeness (QED) is 0.554. The highest BCUT2D eigenvalue weighted by Crippen LogP contribution is 2.26. The highest BCUT2D eigenvalue weighted by Gasteiger charge is 2.18. The highest BCUT2D eigenvalue weighted by atomic mass is 16.5. The molecule has 1 aromatic carbocycles. The summed E-state index contributed by atoms with van der Waals surface area (Å²) in [6.07, 6.45) is 6.46. The topological polar surface area (TPSA) is 95.3 Å². The number of phenolic OH excluding ortho intramolecular Hbond substituents is 1. The molecule has 9 heteroatoms. The molecule has 3 aliphatic rings. The summed E-state index contributed by atoms with van der Waals surface area (Å²) in [5, 5.41) is 14.5. The van der Waals surface area contributed by atoms with Crippen molar-refractivity contribution in [3.63, 3.8) is 0 Å². The first-order valence-electron chi connectivity index (χ1n) is 13.5. The maximum absolute atomic E-state index is 9.82. The van der Waals surface area contributed by atoms with Crippen LogP contribution < -0.4 is 15.1 Å². The number of aromatic nitrogens is 2. The predicted octanol–water partition coefficient (Wildman–Crippen LogP) is 4.06. The van der Waals surface area contributed by atoms with E-state index in [1.807, 2.05) is 32.0 Å². The number of benzene rings is 1. The summed E-state index contributed by atoms with van der Waals surface area (Å²) in [5.41, 5.74) is 6.37. The van der Waals surface area contributed by atoms with Gasteiger partial charge in [0.25, 0.3) is 0 Å². The van der Waals surface area contributed by atoms with Crippen LogP contribution in [0, 0.1) is 0 Å². The third-order valence-electron chi connectivity index (χ3n) is 6.68. The number of hydrogen-bond acceptors (Lipinski definition) is 9. The van der Waals surface area contributed by atoms with Crippen molar-refractivity contribution in [1.82, 2.24) is 14.9 Å². The minimum absolute atomic E-state index is 0.300. The van der Waals surface area contributed by atoms with Gasteiger partial charge in [0, 0.05) is 44.4 Å². The number of rotatable bonds is 7. The molecule has 0 spiro atoms. The molecule has 2 saturated heterocycles. The minimum atomic E-state index is 0.300. The van der Waals surface area contributed by atoms with E-state index < -0.39 is 0 Å². The molecule has 0 saturated carbocycles. The molecule has 196 valence electrons. The summed E-state index contributed by atoms with van der Waals surface area (Å²) in [4.78, 5) is 14.0. The molecule has 2 fully saturated rings. The summed E-state index contributed by atoms with van der Waals surface area (Å²) < 4.78 is 11.4. The van der Waals surface area contributed by atoms with Gasteiger partial charge >= 0.3 is 6.01 Å². The van der Waals surface area contributed by atoms with Crippen LogP contribution in [0.1, 0.15) is 57.1 Å². The van der Waals surface area contributed by atoms with Gasteiger partial charge in [-0.3, -0.25) is 10.3 Å². The number of hydrogen-bond donors (Lipinski definition) is 2. The lowest BCUT2D eigenvalue weighted by atomic mass is 9.90. The molecule has 2 N–H and O–H groups in total. The zero-order valence-corrected chi connectivity index (χ0v) is 21.7. The first-order chi connectivity index (χ1) is 17.7. The molecule has 0 atom stereocenters. The third-order valence-corrected chi connectivity index (χ3v) is 6.68. The molecule has 1 aromatic heterocycles. The van der Waals surface area contributed by atoms with E-state index in [1.165, 1.54) is 19.3 Å². The lowest BCUT2D eigenvalue weighted by Crippen LogP contribution is -2.38. The number of ether oxygens (including phenoxy) is 2. The van der Waals surface area contributed by atoms with Gasteiger partial charge in [-0.15, -0.1) is 0 Å².